The summed E-state index contributed by atoms with van der Waals surface area (Å²) in [6.45, 7) is 6.52. The Morgan fingerprint density at radius 3 is 2.21 bits per heavy atom. The summed E-state index contributed by atoms with van der Waals surface area (Å²) in [5, 5.41) is 15.4. The van der Waals surface area contributed by atoms with Gasteiger partial charge in [-0.25, -0.2) is 4.79 Å². The van der Waals surface area contributed by atoms with Crippen molar-refractivity contribution in [3.8, 4) is 0 Å². The number of aryl methyl sites for hydroxylation is 1. The minimum Gasteiger partial charge on any atom is -0.478 e. The van der Waals surface area contributed by atoms with Gasteiger partial charge in [-0.2, -0.15) is 0 Å². The summed E-state index contributed by atoms with van der Waals surface area (Å²) in [6, 6.07) is 14.4. The van der Waals surface area contributed by atoms with Gasteiger partial charge in [0.1, 0.15) is 0 Å². The van der Waals surface area contributed by atoms with Crippen molar-refractivity contribution in [1.29, 1.82) is 0 Å². The highest BCUT2D eigenvalue weighted by molar-refractivity contribution is 5.95. The number of amides is 1. The molecule has 1 aliphatic heterocycles. The lowest BCUT2D eigenvalue weighted by Crippen LogP contribution is -2.52. The Kier molecular flexibility index (Phi) is 9.42. The third-order valence-corrected chi connectivity index (χ3v) is 5.53. The minimum absolute atomic E-state index is 0.0256. The standard InChI is InChI=1S/C25H33N5O4/c1-19-4-8-21(9-5-19)27-23(31)18-29-13-15-30(16-14-29)25(26-12-3-17-34-2)28-22-10-6-20(7-11-22)24(32)33/h4-11H,3,12-18H2,1-2H3,(H,26,28)(H,27,31)(H,32,33). The van der Waals surface area contributed by atoms with E-state index in [1.54, 1.807) is 31.4 Å². The van der Waals surface area contributed by atoms with Gasteiger partial charge in [0.25, 0.3) is 0 Å². The summed E-state index contributed by atoms with van der Waals surface area (Å²) in [5.74, 6) is -0.243. The number of benzene rings is 2. The molecule has 1 amide bonds. The van der Waals surface area contributed by atoms with Gasteiger partial charge in [-0.05, 0) is 49.7 Å². The molecular formula is C25H33N5O4. The number of carboxylic acid groups (broad SMARTS) is 1. The largest absolute Gasteiger partial charge is 0.478 e. The fraction of sp³-hybridized carbons (Fsp3) is 0.400. The Labute approximate surface area is 200 Å². The zero-order valence-electron chi connectivity index (χ0n) is 19.8. The van der Waals surface area contributed by atoms with Crippen LogP contribution in [0.2, 0.25) is 0 Å². The molecule has 182 valence electrons. The van der Waals surface area contributed by atoms with Gasteiger partial charge in [0.15, 0.2) is 5.96 Å². The summed E-state index contributed by atoms with van der Waals surface area (Å²) >= 11 is 0. The Morgan fingerprint density at radius 1 is 0.971 bits per heavy atom. The van der Waals surface area contributed by atoms with E-state index < -0.39 is 5.97 Å². The van der Waals surface area contributed by atoms with Crippen molar-refractivity contribution >= 4 is 29.2 Å². The van der Waals surface area contributed by atoms with Crippen LogP contribution in [0, 0.1) is 6.92 Å². The van der Waals surface area contributed by atoms with Gasteiger partial charge in [0, 0.05) is 57.8 Å². The molecule has 9 nitrogen and oxygen atoms in total. The summed E-state index contributed by atoms with van der Waals surface area (Å²) in [6.07, 6.45) is 0.804. The second kappa shape index (κ2) is 12.7. The third-order valence-electron chi connectivity index (χ3n) is 5.53. The van der Waals surface area contributed by atoms with Crippen LogP contribution in [0.1, 0.15) is 22.3 Å². The molecule has 1 saturated heterocycles. The fourth-order valence-corrected chi connectivity index (χ4v) is 3.60. The smallest absolute Gasteiger partial charge is 0.335 e. The van der Waals surface area contributed by atoms with Crippen molar-refractivity contribution in [3.63, 3.8) is 0 Å². The van der Waals surface area contributed by atoms with Crippen molar-refractivity contribution < 1.29 is 19.4 Å². The van der Waals surface area contributed by atoms with Gasteiger partial charge in [-0.15, -0.1) is 0 Å². The molecule has 1 heterocycles. The lowest BCUT2D eigenvalue weighted by Gasteiger charge is -2.36. The highest BCUT2D eigenvalue weighted by Crippen LogP contribution is 2.13. The van der Waals surface area contributed by atoms with Crippen molar-refractivity contribution in [2.45, 2.75) is 13.3 Å². The van der Waals surface area contributed by atoms with Crippen LogP contribution < -0.4 is 10.6 Å². The van der Waals surface area contributed by atoms with Crippen LogP contribution in [0.3, 0.4) is 0 Å². The van der Waals surface area contributed by atoms with Crippen molar-refractivity contribution in [3.05, 3.63) is 59.7 Å². The van der Waals surface area contributed by atoms with E-state index in [0.29, 0.717) is 19.7 Å². The Hall–Kier alpha value is -3.43. The van der Waals surface area contributed by atoms with E-state index in [1.165, 1.54) is 0 Å². The van der Waals surface area contributed by atoms with Crippen molar-refractivity contribution in [2.75, 3.05) is 63.6 Å². The molecule has 0 radical (unpaired) electrons. The maximum atomic E-state index is 12.4. The highest BCUT2D eigenvalue weighted by atomic mass is 16.5. The molecule has 0 aromatic heterocycles. The number of rotatable bonds is 9. The number of carbonyl (C=O) groups is 2. The first-order valence-corrected chi connectivity index (χ1v) is 11.4. The van der Waals surface area contributed by atoms with Crippen molar-refractivity contribution in [2.24, 2.45) is 4.99 Å². The average molecular weight is 468 g/mol. The maximum Gasteiger partial charge on any atom is 0.335 e. The number of carboxylic acids is 1. The Balaban J connectivity index is 1.55. The molecule has 34 heavy (non-hydrogen) atoms. The number of hydrogen-bond donors (Lipinski definition) is 3. The number of anilines is 2. The summed E-state index contributed by atoms with van der Waals surface area (Å²) in [5.41, 5.74) is 2.97. The molecule has 0 bridgehead atoms. The zero-order valence-corrected chi connectivity index (χ0v) is 19.8. The van der Waals surface area contributed by atoms with Crippen LogP contribution in [0.4, 0.5) is 11.4 Å². The first-order valence-electron chi connectivity index (χ1n) is 11.4. The average Bonchev–Trinajstić information content (AvgIpc) is 2.83. The lowest BCUT2D eigenvalue weighted by molar-refractivity contribution is -0.117. The first-order chi connectivity index (χ1) is 16.4. The number of aromatic carboxylic acids is 1. The molecule has 9 heteroatoms. The maximum absolute atomic E-state index is 12.4. The van der Waals surface area contributed by atoms with Crippen LogP contribution in [0.15, 0.2) is 53.5 Å². The van der Waals surface area contributed by atoms with Gasteiger partial charge in [-0.3, -0.25) is 14.7 Å². The Morgan fingerprint density at radius 2 is 1.59 bits per heavy atom. The minimum atomic E-state index is -0.956. The zero-order chi connectivity index (χ0) is 24.3. The van der Waals surface area contributed by atoms with Crippen LogP contribution in [0.5, 0.6) is 0 Å². The summed E-state index contributed by atoms with van der Waals surface area (Å²) in [4.78, 5) is 32.6. The second-order valence-electron chi connectivity index (χ2n) is 8.24. The van der Waals surface area contributed by atoms with E-state index in [4.69, 9.17) is 14.8 Å². The number of hydrogen-bond acceptors (Lipinski definition) is 5. The van der Waals surface area contributed by atoms with Crippen molar-refractivity contribution in [1.82, 2.24) is 9.80 Å². The van der Waals surface area contributed by atoms with E-state index >= 15 is 0 Å². The molecule has 0 aliphatic carbocycles. The third kappa shape index (κ3) is 7.86. The predicted octanol–water partition coefficient (Wildman–Crippen LogP) is 2.75. The number of guanidine groups is 1. The molecule has 2 aromatic rings. The van der Waals surface area contributed by atoms with Gasteiger partial charge >= 0.3 is 5.97 Å². The van der Waals surface area contributed by atoms with Gasteiger partial charge in [0.2, 0.25) is 5.91 Å². The van der Waals surface area contributed by atoms with Crippen LogP contribution in [-0.2, 0) is 9.53 Å². The van der Waals surface area contributed by atoms with Crippen LogP contribution >= 0.6 is 0 Å². The topological polar surface area (TPSA) is 106 Å². The van der Waals surface area contributed by atoms with Gasteiger partial charge in [0.05, 0.1) is 12.1 Å². The van der Waals surface area contributed by atoms with Gasteiger partial charge in [-0.1, -0.05) is 17.7 Å². The molecule has 2 aromatic carbocycles. The molecule has 1 aliphatic rings. The number of ether oxygens (including phenoxy) is 1. The number of aliphatic imine (C=N–C) groups is 1. The molecule has 3 rings (SSSR count). The number of nitrogens with zero attached hydrogens (tertiary/aromatic N) is 3. The monoisotopic (exact) mass is 467 g/mol. The lowest BCUT2D eigenvalue weighted by atomic mass is 10.2. The molecule has 3 N–H and O–H groups in total. The predicted molar refractivity (Wildman–Crippen MR) is 134 cm³/mol. The van der Waals surface area contributed by atoms with Crippen LogP contribution in [-0.4, -0.2) is 85.7 Å². The number of carbonyl (C=O) groups excluding carboxylic acids is 1. The normalized spacial score (nSPS) is 14.6. The number of nitrogens with one attached hydrogen (secondary N) is 2. The highest BCUT2D eigenvalue weighted by Gasteiger charge is 2.21. The number of piperazine rings is 1. The van der Waals surface area contributed by atoms with E-state index in [9.17, 15) is 9.59 Å². The molecule has 0 spiro atoms. The molecule has 0 atom stereocenters. The molecular weight excluding hydrogens is 434 g/mol. The molecule has 1 fully saturated rings. The Bertz CT molecular complexity index is 968. The van der Waals surface area contributed by atoms with E-state index in [1.807, 2.05) is 31.2 Å². The van der Waals surface area contributed by atoms with E-state index in [2.05, 4.69) is 20.4 Å². The summed E-state index contributed by atoms with van der Waals surface area (Å²) in [7, 11) is 1.67. The van der Waals surface area contributed by atoms with E-state index in [0.717, 1.165) is 55.5 Å². The fourth-order valence-electron chi connectivity index (χ4n) is 3.60. The summed E-state index contributed by atoms with van der Waals surface area (Å²) < 4.78 is 5.12. The SMILES string of the molecule is COCCCN=C(Nc1ccc(C(=O)O)cc1)N1CCN(CC(=O)Nc2ccc(C)cc2)CC1. The van der Waals surface area contributed by atoms with E-state index in [-0.39, 0.29) is 11.5 Å². The second-order valence-corrected chi connectivity index (χ2v) is 8.24. The van der Waals surface area contributed by atoms with Gasteiger partial charge < -0.3 is 25.4 Å². The number of methoxy groups -OCH3 is 1. The molecule has 0 saturated carbocycles. The first kappa shape index (κ1) is 25.2. The quantitative estimate of drug-likeness (QED) is 0.296. The molecule has 0 unspecified atom stereocenters. The van der Waals surface area contributed by atoms with Crippen LogP contribution in [0.25, 0.3) is 0 Å².